The number of nitrogens with one attached hydrogen (secondary N) is 1. The van der Waals surface area contributed by atoms with Crippen LogP contribution in [0.25, 0.3) is 0 Å². The van der Waals surface area contributed by atoms with E-state index in [0.717, 1.165) is 37.2 Å². The fourth-order valence-corrected chi connectivity index (χ4v) is 4.12. The van der Waals surface area contributed by atoms with Gasteiger partial charge in [0.1, 0.15) is 11.6 Å². The van der Waals surface area contributed by atoms with Crippen LogP contribution in [0.15, 0.2) is 23.0 Å². The molecule has 0 aliphatic carbocycles. The van der Waals surface area contributed by atoms with Crippen molar-refractivity contribution < 1.29 is 9.53 Å². The minimum atomic E-state index is -0.0776. The first-order chi connectivity index (χ1) is 13.5. The van der Waals surface area contributed by atoms with Crippen LogP contribution in [0.3, 0.4) is 0 Å². The topological polar surface area (TPSA) is 76.5 Å². The third-order valence-electron chi connectivity index (χ3n) is 5.87. The van der Waals surface area contributed by atoms with Gasteiger partial charge >= 0.3 is 0 Å². The van der Waals surface area contributed by atoms with Crippen LogP contribution in [0, 0.1) is 12.8 Å². The highest BCUT2D eigenvalue weighted by molar-refractivity contribution is 5.95. The monoisotopic (exact) mass is 382 g/mol. The van der Waals surface area contributed by atoms with E-state index in [1.165, 1.54) is 4.57 Å². The van der Waals surface area contributed by atoms with E-state index in [9.17, 15) is 9.59 Å². The summed E-state index contributed by atoms with van der Waals surface area (Å²) in [6.45, 7) is 4.52. The lowest BCUT2D eigenvalue weighted by molar-refractivity contribution is 0.0750. The van der Waals surface area contributed by atoms with Gasteiger partial charge in [0.05, 0.1) is 31.5 Å². The average Bonchev–Trinajstić information content (AvgIpc) is 3.35. The lowest BCUT2D eigenvalue weighted by Gasteiger charge is -2.18. The van der Waals surface area contributed by atoms with E-state index in [4.69, 9.17) is 4.74 Å². The lowest BCUT2D eigenvalue weighted by atomic mass is 9.96. The first-order valence-electron chi connectivity index (χ1n) is 9.70. The molecule has 2 aromatic rings. The molecule has 0 saturated carbocycles. The number of amides is 1. The molecule has 1 unspecified atom stereocenters. The zero-order valence-electron chi connectivity index (χ0n) is 16.6. The van der Waals surface area contributed by atoms with Gasteiger partial charge in [-0.15, -0.1) is 0 Å². The molecule has 148 valence electrons. The van der Waals surface area contributed by atoms with Gasteiger partial charge in [-0.05, 0) is 62.5 Å². The van der Waals surface area contributed by atoms with Gasteiger partial charge in [0, 0.05) is 12.6 Å². The molecule has 0 spiro atoms. The molecule has 1 aromatic heterocycles. The van der Waals surface area contributed by atoms with Crippen molar-refractivity contribution in [3.63, 3.8) is 0 Å². The van der Waals surface area contributed by atoms with Crippen molar-refractivity contribution in [3.8, 4) is 5.75 Å². The number of rotatable bonds is 4. The van der Waals surface area contributed by atoms with E-state index in [2.05, 4.69) is 10.3 Å². The number of nitrogens with zero attached hydrogens (tertiary/aromatic N) is 3. The Morgan fingerprint density at radius 1 is 1.36 bits per heavy atom. The number of carbonyl (C=O) groups excluding carboxylic acids is 1. The highest BCUT2D eigenvalue weighted by atomic mass is 16.5. The molecule has 2 aliphatic heterocycles. The molecule has 1 atom stereocenters. The maximum Gasteiger partial charge on any atom is 0.258 e. The van der Waals surface area contributed by atoms with Crippen LogP contribution in [0.4, 0.5) is 0 Å². The van der Waals surface area contributed by atoms with E-state index in [-0.39, 0.29) is 11.5 Å². The summed E-state index contributed by atoms with van der Waals surface area (Å²) in [4.78, 5) is 31.8. The number of fused-ring (bicyclic) bond motifs is 1. The van der Waals surface area contributed by atoms with E-state index in [1.54, 1.807) is 32.0 Å². The van der Waals surface area contributed by atoms with Crippen molar-refractivity contribution in [3.05, 3.63) is 56.8 Å². The van der Waals surface area contributed by atoms with E-state index in [1.807, 2.05) is 12.1 Å². The molecule has 4 rings (SSSR count). The summed E-state index contributed by atoms with van der Waals surface area (Å²) in [5.74, 6) is 1.96. The number of hydrogen-bond acceptors (Lipinski definition) is 5. The van der Waals surface area contributed by atoms with Gasteiger partial charge in [-0.25, -0.2) is 4.98 Å². The zero-order chi connectivity index (χ0) is 19.8. The van der Waals surface area contributed by atoms with Gasteiger partial charge in [-0.2, -0.15) is 0 Å². The largest absolute Gasteiger partial charge is 0.496 e. The quantitative estimate of drug-likeness (QED) is 0.865. The fourth-order valence-electron chi connectivity index (χ4n) is 4.12. The Kier molecular flexibility index (Phi) is 4.93. The summed E-state index contributed by atoms with van der Waals surface area (Å²) < 4.78 is 7.04. The second kappa shape index (κ2) is 7.39. The SMILES string of the molecule is COc1ccc(C(=O)N2Cc3nc(C)n(C)c(=O)c3C2)cc1CC1CCNC1. The standard InChI is InChI=1S/C21H26N4O3/c1-13-23-18-12-25(11-17(18)21(27)24(13)2)20(26)15-4-5-19(28-3)16(9-15)8-14-6-7-22-10-14/h4-5,9,14,22H,6-8,10-12H2,1-3H3. The minimum absolute atomic E-state index is 0.0676. The molecule has 1 fully saturated rings. The third kappa shape index (κ3) is 3.30. The Labute approximate surface area is 164 Å². The molecule has 0 bridgehead atoms. The van der Waals surface area contributed by atoms with Gasteiger partial charge in [-0.3, -0.25) is 14.2 Å². The predicted molar refractivity (Wildman–Crippen MR) is 105 cm³/mol. The van der Waals surface area contributed by atoms with Gasteiger partial charge in [0.25, 0.3) is 11.5 Å². The molecule has 7 nitrogen and oxygen atoms in total. The normalized spacial score (nSPS) is 18.4. The average molecular weight is 382 g/mol. The molecule has 1 saturated heterocycles. The number of ether oxygens (including phenoxy) is 1. The lowest BCUT2D eigenvalue weighted by Crippen LogP contribution is -2.27. The smallest absolute Gasteiger partial charge is 0.258 e. The van der Waals surface area contributed by atoms with Crippen LogP contribution in [0.1, 0.15) is 39.4 Å². The van der Waals surface area contributed by atoms with Gasteiger partial charge in [-0.1, -0.05) is 0 Å². The second-order valence-corrected chi connectivity index (χ2v) is 7.70. The first-order valence-corrected chi connectivity index (χ1v) is 9.70. The second-order valence-electron chi connectivity index (χ2n) is 7.70. The maximum absolute atomic E-state index is 13.1. The Morgan fingerprint density at radius 2 is 2.18 bits per heavy atom. The number of methoxy groups -OCH3 is 1. The molecule has 7 heteroatoms. The van der Waals surface area contributed by atoms with Crippen molar-refractivity contribution in [2.24, 2.45) is 13.0 Å². The molecular formula is C21H26N4O3. The first kappa shape index (κ1) is 18.7. The van der Waals surface area contributed by atoms with Crippen LogP contribution in [-0.4, -0.2) is 40.6 Å². The Balaban J connectivity index is 1.58. The minimum Gasteiger partial charge on any atom is -0.496 e. The van der Waals surface area contributed by atoms with E-state index < -0.39 is 0 Å². The molecule has 3 heterocycles. The summed E-state index contributed by atoms with van der Waals surface area (Å²) in [5, 5.41) is 3.38. The molecule has 0 radical (unpaired) electrons. The molecule has 1 aromatic carbocycles. The van der Waals surface area contributed by atoms with Crippen LogP contribution in [0.5, 0.6) is 5.75 Å². The van der Waals surface area contributed by atoms with Gasteiger partial charge in [0.15, 0.2) is 0 Å². The van der Waals surface area contributed by atoms with Crippen molar-refractivity contribution >= 4 is 5.91 Å². The Bertz CT molecular complexity index is 976. The molecule has 1 amide bonds. The van der Waals surface area contributed by atoms with Crippen molar-refractivity contribution in [1.29, 1.82) is 0 Å². The van der Waals surface area contributed by atoms with Crippen molar-refractivity contribution in [2.75, 3.05) is 20.2 Å². The van der Waals surface area contributed by atoms with Crippen LogP contribution in [-0.2, 0) is 26.6 Å². The van der Waals surface area contributed by atoms with Crippen molar-refractivity contribution in [2.45, 2.75) is 32.9 Å². The van der Waals surface area contributed by atoms with Crippen LogP contribution >= 0.6 is 0 Å². The Morgan fingerprint density at radius 3 is 2.89 bits per heavy atom. The molecule has 1 N–H and O–H groups in total. The summed E-state index contributed by atoms with van der Waals surface area (Å²) in [6, 6.07) is 5.62. The molecule has 28 heavy (non-hydrogen) atoms. The molecule has 2 aliphatic rings. The molecular weight excluding hydrogens is 356 g/mol. The summed E-state index contributed by atoms with van der Waals surface area (Å²) in [6.07, 6.45) is 2.02. The zero-order valence-corrected chi connectivity index (χ0v) is 16.6. The number of hydrogen-bond donors (Lipinski definition) is 1. The van der Waals surface area contributed by atoms with Crippen LogP contribution in [0.2, 0.25) is 0 Å². The maximum atomic E-state index is 13.1. The predicted octanol–water partition coefficient (Wildman–Crippen LogP) is 1.41. The third-order valence-corrected chi connectivity index (χ3v) is 5.87. The fraction of sp³-hybridized carbons (Fsp3) is 0.476. The number of carbonyl (C=O) groups is 1. The highest BCUT2D eigenvalue weighted by Crippen LogP contribution is 2.27. The Hall–Kier alpha value is -2.67. The van der Waals surface area contributed by atoms with Gasteiger partial charge < -0.3 is 15.0 Å². The van der Waals surface area contributed by atoms with Crippen LogP contribution < -0.4 is 15.6 Å². The summed E-state index contributed by atoms with van der Waals surface area (Å²) in [5.41, 5.74) is 2.95. The van der Waals surface area contributed by atoms with E-state index >= 15 is 0 Å². The number of aromatic nitrogens is 2. The summed E-state index contributed by atoms with van der Waals surface area (Å²) >= 11 is 0. The number of aryl methyl sites for hydroxylation is 1. The highest BCUT2D eigenvalue weighted by Gasteiger charge is 2.29. The van der Waals surface area contributed by atoms with Gasteiger partial charge in [0.2, 0.25) is 0 Å². The van der Waals surface area contributed by atoms with Crippen molar-refractivity contribution in [1.82, 2.24) is 19.8 Å². The number of benzene rings is 1. The summed E-state index contributed by atoms with van der Waals surface area (Å²) in [7, 11) is 3.37. The van der Waals surface area contributed by atoms with E-state index in [0.29, 0.717) is 41.7 Å².